The molecule has 0 heterocycles. The number of aromatic hydroxyl groups is 1. The van der Waals surface area contributed by atoms with Crippen LogP contribution in [0.1, 0.15) is 40.0 Å². The molecule has 0 saturated heterocycles. The minimum absolute atomic E-state index is 0.0117. The van der Waals surface area contributed by atoms with Crippen LogP contribution in [0.25, 0.3) is 0 Å². The average molecular weight is 466 g/mol. The maximum Gasteiger partial charge on any atom is 0.229 e. The molecule has 0 amide bonds. The smallest absolute Gasteiger partial charge is 0.229 e. The molecule has 0 bridgehead atoms. The minimum Gasteiger partial charge on any atom is -0.506 e. The average Bonchev–Trinajstić information content (AvgIpc) is 2.78. The van der Waals surface area contributed by atoms with E-state index in [-0.39, 0.29) is 24.0 Å². The Hall–Kier alpha value is -3.38. The summed E-state index contributed by atoms with van der Waals surface area (Å²) in [5.74, 6) is -0.223. The van der Waals surface area contributed by atoms with Gasteiger partial charge in [0.05, 0.1) is 29.7 Å². The van der Waals surface area contributed by atoms with Crippen LogP contribution >= 0.6 is 0 Å². The zero-order valence-electron chi connectivity index (χ0n) is 18.5. The quantitative estimate of drug-likeness (QED) is 0.359. The van der Waals surface area contributed by atoms with E-state index in [9.17, 15) is 18.6 Å². The van der Waals surface area contributed by atoms with Gasteiger partial charge in [0, 0.05) is 12.6 Å². The number of hydrogen-bond donors (Lipinski definition) is 4. The zero-order valence-corrected chi connectivity index (χ0v) is 19.3. The second-order valence-corrected chi connectivity index (χ2v) is 9.74. The lowest BCUT2D eigenvalue weighted by Gasteiger charge is -2.23. The largest absolute Gasteiger partial charge is 0.506 e. The molecule has 4 N–H and O–H groups in total. The van der Waals surface area contributed by atoms with Crippen LogP contribution in [-0.4, -0.2) is 31.4 Å². The molecule has 0 aromatic heterocycles. The van der Waals surface area contributed by atoms with E-state index in [2.05, 4.69) is 22.2 Å². The van der Waals surface area contributed by atoms with Gasteiger partial charge in [-0.2, -0.15) is 5.26 Å². The Balaban J connectivity index is 1.80. The third-order valence-electron chi connectivity index (χ3n) is 5.39. The number of nitrogens with zero attached hydrogens (tertiary/aromatic N) is 1. The molecule has 0 saturated carbocycles. The molecule has 0 aliphatic carbocycles. The maximum absolute atomic E-state index is 11.5. The number of benzene rings is 3. The van der Waals surface area contributed by atoms with E-state index in [1.54, 1.807) is 18.2 Å². The van der Waals surface area contributed by atoms with Gasteiger partial charge in [0.1, 0.15) is 5.75 Å². The van der Waals surface area contributed by atoms with Gasteiger partial charge in [0.15, 0.2) is 0 Å². The fraction of sp³-hybridized carbons (Fsp3) is 0.240. The van der Waals surface area contributed by atoms with Crippen molar-refractivity contribution in [3.8, 4) is 11.8 Å². The summed E-state index contributed by atoms with van der Waals surface area (Å²) in [5.41, 5.74) is 4.35. The normalized spacial score (nSPS) is 13.2. The van der Waals surface area contributed by atoms with Crippen LogP contribution in [-0.2, 0) is 16.4 Å². The van der Waals surface area contributed by atoms with E-state index in [1.807, 2.05) is 37.3 Å². The Labute approximate surface area is 194 Å². The van der Waals surface area contributed by atoms with E-state index >= 15 is 0 Å². The number of aryl methyl sites for hydroxylation is 1. The van der Waals surface area contributed by atoms with E-state index in [1.165, 1.54) is 12.1 Å². The van der Waals surface area contributed by atoms with Gasteiger partial charge in [0.2, 0.25) is 10.0 Å². The van der Waals surface area contributed by atoms with Gasteiger partial charge in [-0.15, -0.1) is 0 Å². The fourth-order valence-corrected chi connectivity index (χ4v) is 4.13. The molecular weight excluding hydrogens is 438 g/mol. The summed E-state index contributed by atoms with van der Waals surface area (Å²) in [5, 5.41) is 33.2. The Kier molecular flexibility index (Phi) is 7.71. The SMILES string of the molecule is Cc1ccccc1CC(NC[C@H](O)c1ccc(O)c(NS(C)(=O)=O)c1)c1ccc(C#N)cc1. The van der Waals surface area contributed by atoms with Crippen LogP contribution in [0.3, 0.4) is 0 Å². The van der Waals surface area contributed by atoms with Crippen molar-refractivity contribution in [1.29, 1.82) is 5.26 Å². The number of rotatable bonds is 9. The standard InChI is InChI=1S/C25H27N3O4S/c1-17-5-3-4-6-20(17)13-22(19-9-7-18(15-26)8-10-19)27-16-25(30)21-11-12-24(29)23(14-21)28-33(2,31)32/h3-12,14,22,25,27-30H,13,16H2,1-2H3/t22?,25-/m0/s1. The highest BCUT2D eigenvalue weighted by Crippen LogP contribution is 2.28. The van der Waals surface area contributed by atoms with Crippen molar-refractivity contribution in [1.82, 2.24) is 5.32 Å². The van der Waals surface area contributed by atoms with Crippen molar-refractivity contribution < 1.29 is 18.6 Å². The molecule has 3 aromatic carbocycles. The van der Waals surface area contributed by atoms with Gasteiger partial charge in [0.25, 0.3) is 0 Å². The summed E-state index contributed by atoms with van der Waals surface area (Å²) < 4.78 is 25.3. The predicted octanol–water partition coefficient (Wildman–Crippen LogP) is 3.55. The van der Waals surface area contributed by atoms with Crippen molar-refractivity contribution in [2.24, 2.45) is 0 Å². The first kappa shape index (κ1) is 24.3. The van der Waals surface area contributed by atoms with Gasteiger partial charge >= 0.3 is 0 Å². The molecule has 0 aliphatic heterocycles. The number of phenols is 1. The lowest BCUT2D eigenvalue weighted by Crippen LogP contribution is -2.28. The first-order valence-electron chi connectivity index (χ1n) is 10.4. The van der Waals surface area contributed by atoms with E-state index < -0.39 is 16.1 Å². The lowest BCUT2D eigenvalue weighted by molar-refractivity contribution is 0.169. The minimum atomic E-state index is -3.58. The number of phenolic OH excluding ortho intramolecular Hbond substituents is 1. The third kappa shape index (κ3) is 6.80. The first-order chi connectivity index (χ1) is 15.7. The van der Waals surface area contributed by atoms with Gasteiger partial charge in [-0.05, 0) is 59.9 Å². The highest BCUT2D eigenvalue weighted by Gasteiger charge is 2.18. The number of aliphatic hydroxyl groups is 1. The molecule has 172 valence electrons. The van der Waals surface area contributed by atoms with Crippen molar-refractivity contribution >= 4 is 15.7 Å². The number of nitriles is 1. The second-order valence-electron chi connectivity index (χ2n) is 7.99. The summed E-state index contributed by atoms with van der Waals surface area (Å²) in [6.07, 6.45) is 0.732. The summed E-state index contributed by atoms with van der Waals surface area (Å²) in [6, 6.07) is 21.7. The summed E-state index contributed by atoms with van der Waals surface area (Å²) in [4.78, 5) is 0. The van der Waals surface area contributed by atoms with Crippen LogP contribution in [0, 0.1) is 18.3 Å². The molecule has 3 aromatic rings. The summed E-state index contributed by atoms with van der Waals surface area (Å²) in [6.45, 7) is 2.24. The number of sulfonamides is 1. The fourth-order valence-electron chi connectivity index (χ4n) is 3.57. The van der Waals surface area contributed by atoms with Crippen molar-refractivity contribution in [3.05, 3.63) is 94.5 Å². The van der Waals surface area contributed by atoms with Crippen molar-refractivity contribution in [2.45, 2.75) is 25.5 Å². The highest BCUT2D eigenvalue weighted by molar-refractivity contribution is 7.92. The number of nitrogens with one attached hydrogen (secondary N) is 2. The Morgan fingerprint density at radius 3 is 2.33 bits per heavy atom. The molecule has 0 spiro atoms. The summed E-state index contributed by atoms with van der Waals surface area (Å²) in [7, 11) is -3.58. The van der Waals surface area contributed by atoms with Crippen LogP contribution in [0.4, 0.5) is 5.69 Å². The molecule has 0 radical (unpaired) electrons. The molecule has 3 rings (SSSR count). The third-order valence-corrected chi connectivity index (χ3v) is 5.98. The van der Waals surface area contributed by atoms with Gasteiger partial charge in [-0.25, -0.2) is 8.42 Å². The Morgan fingerprint density at radius 1 is 1.03 bits per heavy atom. The molecule has 33 heavy (non-hydrogen) atoms. The molecule has 1 unspecified atom stereocenters. The number of aliphatic hydroxyl groups excluding tert-OH is 1. The van der Waals surface area contributed by atoms with E-state index in [0.717, 1.165) is 22.9 Å². The van der Waals surface area contributed by atoms with E-state index in [0.29, 0.717) is 17.5 Å². The van der Waals surface area contributed by atoms with Crippen LogP contribution in [0.15, 0.2) is 66.7 Å². The van der Waals surface area contributed by atoms with Gasteiger partial charge in [-0.1, -0.05) is 42.5 Å². The summed E-state index contributed by atoms with van der Waals surface area (Å²) >= 11 is 0. The number of anilines is 1. The monoisotopic (exact) mass is 465 g/mol. The molecular formula is C25H27N3O4S. The van der Waals surface area contributed by atoms with Crippen molar-refractivity contribution in [2.75, 3.05) is 17.5 Å². The number of hydrogen-bond acceptors (Lipinski definition) is 6. The molecule has 0 aliphatic rings. The van der Waals surface area contributed by atoms with E-state index in [4.69, 9.17) is 5.26 Å². The predicted molar refractivity (Wildman–Crippen MR) is 128 cm³/mol. The molecule has 2 atom stereocenters. The van der Waals surface area contributed by atoms with Crippen molar-refractivity contribution in [3.63, 3.8) is 0 Å². The zero-order chi connectivity index (χ0) is 24.0. The second kappa shape index (κ2) is 10.5. The lowest BCUT2D eigenvalue weighted by atomic mass is 9.95. The van der Waals surface area contributed by atoms with Gasteiger partial charge in [-0.3, -0.25) is 4.72 Å². The molecule has 8 heteroatoms. The molecule has 7 nitrogen and oxygen atoms in total. The van der Waals surface area contributed by atoms with Gasteiger partial charge < -0.3 is 15.5 Å². The topological polar surface area (TPSA) is 122 Å². The first-order valence-corrected chi connectivity index (χ1v) is 12.3. The highest BCUT2D eigenvalue weighted by atomic mass is 32.2. The van der Waals surface area contributed by atoms with Crippen LogP contribution in [0.2, 0.25) is 0 Å². The Bertz CT molecular complexity index is 1250. The van der Waals surface area contributed by atoms with Crippen LogP contribution < -0.4 is 10.0 Å². The Morgan fingerprint density at radius 2 is 1.70 bits per heavy atom. The maximum atomic E-state index is 11.5. The molecule has 0 fully saturated rings. The van der Waals surface area contributed by atoms with Crippen LogP contribution in [0.5, 0.6) is 5.75 Å².